The van der Waals surface area contributed by atoms with Crippen molar-refractivity contribution < 1.29 is 88.5 Å². The molecule has 0 saturated carbocycles. The van der Waals surface area contributed by atoms with Gasteiger partial charge in [-0.15, -0.1) is 0 Å². The normalized spacial score (nSPS) is 15.1. The van der Waals surface area contributed by atoms with Crippen LogP contribution in [0, 0.1) is 0 Å². The topological polar surface area (TPSA) is 118 Å². The molecule has 0 N–H and O–H groups in total. The van der Waals surface area contributed by atoms with Crippen molar-refractivity contribution in [3.05, 3.63) is 168 Å². The Hall–Kier alpha value is -2.92. The molecular formula is C41H27Cl4NNa2O6. The van der Waals surface area contributed by atoms with Crippen LogP contribution < -0.4 is 74.2 Å². The number of nitrogens with zero attached hydrogens (tertiary/aromatic N) is 1. The average molecular weight is 817 g/mol. The number of carboxylic acids is 2. The Morgan fingerprint density at radius 1 is 0.704 bits per heavy atom. The number of anilines is 1. The summed E-state index contributed by atoms with van der Waals surface area (Å²) in [5.74, 6) is -2.81. The van der Waals surface area contributed by atoms with E-state index in [1.54, 1.807) is 35.2 Å². The van der Waals surface area contributed by atoms with E-state index in [1.165, 1.54) is 12.2 Å². The third-order valence-electron chi connectivity index (χ3n) is 8.86. The van der Waals surface area contributed by atoms with E-state index in [2.05, 4.69) is 0 Å². The van der Waals surface area contributed by atoms with E-state index < -0.39 is 11.9 Å². The molecule has 0 atom stereocenters. The van der Waals surface area contributed by atoms with Crippen LogP contribution >= 0.6 is 46.4 Å². The van der Waals surface area contributed by atoms with Gasteiger partial charge in [0.05, 0.1) is 22.0 Å². The summed E-state index contributed by atoms with van der Waals surface area (Å²) in [6, 6.07) is 25.2. The van der Waals surface area contributed by atoms with Crippen LogP contribution in [0.1, 0.15) is 34.2 Å². The Morgan fingerprint density at radius 2 is 1.20 bits per heavy atom. The number of carbonyl (C=O) groups excluding carboxylic acids is 4. The zero-order valence-corrected chi connectivity index (χ0v) is 36.3. The Kier molecular flexibility index (Phi) is 15.6. The number of rotatable bonds is 8. The summed E-state index contributed by atoms with van der Waals surface area (Å²) in [7, 11) is 0. The van der Waals surface area contributed by atoms with Gasteiger partial charge in [0.15, 0.2) is 5.78 Å². The second kappa shape index (κ2) is 19.3. The van der Waals surface area contributed by atoms with Gasteiger partial charge in [0, 0.05) is 58.2 Å². The second-order valence-corrected chi connectivity index (χ2v) is 13.9. The van der Waals surface area contributed by atoms with Crippen molar-refractivity contribution in [1.82, 2.24) is 0 Å². The van der Waals surface area contributed by atoms with Gasteiger partial charge >= 0.3 is 59.1 Å². The molecule has 54 heavy (non-hydrogen) atoms. The van der Waals surface area contributed by atoms with Gasteiger partial charge in [-0.2, -0.15) is 0 Å². The van der Waals surface area contributed by atoms with E-state index in [0.29, 0.717) is 66.5 Å². The summed E-state index contributed by atoms with van der Waals surface area (Å²) in [6.07, 6.45) is 5.64. The van der Waals surface area contributed by atoms with Gasteiger partial charge < -0.3 is 24.7 Å². The van der Waals surface area contributed by atoms with Crippen LogP contribution in [0.3, 0.4) is 0 Å². The molecular weight excluding hydrogens is 790 g/mol. The molecule has 1 amide bonds. The summed E-state index contributed by atoms with van der Waals surface area (Å²) in [5.41, 5.74) is 5.95. The molecule has 1 saturated heterocycles. The number of aliphatic carboxylic acids is 2. The standard InChI is InChI=1S/C21H15Cl2NO3.C20H14Cl2O3.2Na/c22-14-8-13-10-17(21(26)27)16(19(13)18(23)11-14)9-12-6-7-24(20(12)25)15-4-2-1-3-5-15;21-14-9-13-10-17(20(24)25)16(19(13)18(22)11-14)7-6-15(23)8-12-4-2-1-3-5-12;;/h1-5,8-9,11H,6-7,10H2,(H,26,27);1-7,9,11H,8,10H2,(H,24,25);;/q;;2*+1/p-2/b12-9+;7-6+;;. The first-order valence-corrected chi connectivity index (χ1v) is 17.6. The molecule has 1 fully saturated rings. The van der Waals surface area contributed by atoms with Crippen molar-refractivity contribution in [1.29, 1.82) is 0 Å². The fourth-order valence-corrected chi connectivity index (χ4v) is 7.80. The predicted molar refractivity (Wildman–Crippen MR) is 200 cm³/mol. The van der Waals surface area contributed by atoms with E-state index in [1.807, 2.05) is 60.7 Å². The van der Waals surface area contributed by atoms with Crippen molar-refractivity contribution in [2.75, 3.05) is 11.4 Å². The molecule has 1 heterocycles. The molecule has 13 heteroatoms. The minimum atomic E-state index is -1.28. The van der Waals surface area contributed by atoms with Gasteiger partial charge in [-0.05, 0) is 94.0 Å². The summed E-state index contributed by atoms with van der Waals surface area (Å²) in [4.78, 5) is 49.8. The molecule has 7 rings (SSSR count). The number of halogens is 4. The van der Waals surface area contributed by atoms with Gasteiger partial charge in [-0.3, -0.25) is 9.59 Å². The zero-order valence-electron chi connectivity index (χ0n) is 29.3. The minimum absolute atomic E-state index is 0. The Bertz CT molecular complexity index is 2270. The Morgan fingerprint density at radius 3 is 1.74 bits per heavy atom. The van der Waals surface area contributed by atoms with Crippen molar-refractivity contribution in [2.24, 2.45) is 0 Å². The van der Waals surface area contributed by atoms with Gasteiger partial charge in [0.1, 0.15) is 0 Å². The number of ketones is 1. The molecule has 0 aromatic heterocycles. The zero-order chi connectivity index (χ0) is 37.1. The van der Waals surface area contributed by atoms with Crippen LogP contribution in [0.25, 0.3) is 11.1 Å². The number of carbonyl (C=O) groups is 4. The van der Waals surface area contributed by atoms with Gasteiger partial charge in [0.25, 0.3) is 5.91 Å². The molecule has 4 aromatic rings. The first kappa shape index (κ1) is 43.8. The molecule has 0 radical (unpaired) electrons. The van der Waals surface area contributed by atoms with Crippen LogP contribution in [0.4, 0.5) is 5.69 Å². The molecule has 262 valence electrons. The number of para-hydroxylation sites is 1. The summed E-state index contributed by atoms with van der Waals surface area (Å²) < 4.78 is 0. The van der Waals surface area contributed by atoms with Crippen molar-refractivity contribution in [2.45, 2.75) is 25.7 Å². The van der Waals surface area contributed by atoms with E-state index in [0.717, 1.165) is 16.8 Å². The summed E-state index contributed by atoms with van der Waals surface area (Å²) >= 11 is 24.6. The maximum absolute atomic E-state index is 12.8. The van der Waals surface area contributed by atoms with Crippen LogP contribution in [-0.2, 0) is 38.4 Å². The number of benzene rings is 4. The number of allylic oxidation sites excluding steroid dienone is 5. The quantitative estimate of drug-likeness (QED) is 0.193. The molecule has 0 unspecified atom stereocenters. The number of carboxylic acid groups (broad SMARTS) is 2. The monoisotopic (exact) mass is 815 g/mol. The van der Waals surface area contributed by atoms with Gasteiger partial charge in [-0.1, -0.05) is 101 Å². The van der Waals surface area contributed by atoms with Gasteiger partial charge in [-0.25, -0.2) is 0 Å². The molecule has 2 aliphatic carbocycles. The van der Waals surface area contributed by atoms with E-state index in [9.17, 15) is 29.4 Å². The molecule has 7 nitrogen and oxygen atoms in total. The molecule has 4 aromatic carbocycles. The van der Waals surface area contributed by atoms with Crippen molar-refractivity contribution in [3.8, 4) is 0 Å². The number of amides is 1. The predicted octanol–water partition coefficient (Wildman–Crippen LogP) is 0.845. The smallest absolute Gasteiger partial charge is 0.545 e. The van der Waals surface area contributed by atoms with Crippen LogP contribution in [0.15, 0.2) is 120 Å². The first-order valence-electron chi connectivity index (χ1n) is 16.1. The number of fused-ring (bicyclic) bond motifs is 2. The van der Waals surface area contributed by atoms with E-state index in [4.69, 9.17) is 46.4 Å². The third kappa shape index (κ3) is 9.90. The molecule has 0 spiro atoms. The average Bonchev–Trinajstić information content (AvgIpc) is 3.78. The molecule has 1 aliphatic heterocycles. The second-order valence-electron chi connectivity index (χ2n) is 12.2. The maximum Gasteiger partial charge on any atom is 1.00 e. The molecule has 0 bridgehead atoms. The van der Waals surface area contributed by atoms with Gasteiger partial charge in [0.2, 0.25) is 0 Å². The van der Waals surface area contributed by atoms with E-state index in [-0.39, 0.29) is 101 Å². The fraction of sp³-hybridized carbons (Fsp3) is 0.122. The van der Waals surface area contributed by atoms with Crippen molar-refractivity contribution in [3.63, 3.8) is 0 Å². The van der Waals surface area contributed by atoms with Crippen molar-refractivity contribution >= 4 is 86.9 Å². The summed E-state index contributed by atoms with van der Waals surface area (Å²) in [5, 5.41) is 24.7. The Labute approximate surface area is 376 Å². The maximum atomic E-state index is 12.8. The Balaban J connectivity index is 0.000000233. The van der Waals surface area contributed by atoms with Crippen LogP contribution in [0.5, 0.6) is 0 Å². The van der Waals surface area contributed by atoms with Crippen LogP contribution in [-0.4, -0.2) is 30.2 Å². The number of hydrogen-bond donors (Lipinski definition) is 0. The van der Waals surface area contributed by atoms with Crippen LogP contribution in [0.2, 0.25) is 20.1 Å². The minimum Gasteiger partial charge on any atom is -0.545 e. The fourth-order valence-electron chi connectivity index (χ4n) is 6.53. The van der Waals surface area contributed by atoms with E-state index >= 15 is 0 Å². The third-order valence-corrected chi connectivity index (χ3v) is 9.89. The first-order chi connectivity index (χ1) is 24.9. The number of hydrogen-bond acceptors (Lipinski definition) is 6. The largest absolute Gasteiger partial charge is 1.00 e. The SMILES string of the molecule is O=C(/C=C/C1=C(C(=O)[O-])Cc2cc(Cl)cc(Cl)c21)Cc1ccccc1.O=C([O-])C1=C(/C=C2\CCN(c3ccccc3)C2=O)c2c(Cl)cc(Cl)cc2C1.[Na+].[Na+]. The molecule has 3 aliphatic rings. The summed E-state index contributed by atoms with van der Waals surface area (Å²) in [6.45, 7) is 0.545.